The number of carbonyl (C=O) groups excluding carboxylic acids is 1. The lowest BCUT2D eigenvalue weighted by atomic mass is 10.1. The summed E-state index contributed by atoms with van der Waals surface area (Å²) in [6.45, 7) is 3.48. The molecule has 1 heterocycles. The van der Waals surface area contributed by atoms with Crippen molar-refractivity contribution in [3.63, 3.8) is 0 Å². The molecule has 0 bridgehead atoms. The second-order valence-electron chi connectivity index (χ2n) is 6.15. The van der Waals surface area contributed by atoms with Crippen LogP contribution in [-0.2, 0) is 14.8 Å². The highest BCUT2D eigenvalue weighted by molar-refractivity contribution is 7.89. The second-order valence-corrected chi connectivity index (χ2v) is 8.01. The first-order chi connectivity index (χ1) is 11.1. The van der Waals surface area contributed by atoms with E-state index < -0.39 is 21.0 Å². The number of rotatable bonds is 4. The number of aryl methyl sites for hydroxylation is 1. The third-order valence-electron chi connectivity index (χ3n) is 4.33. The first kappa shape index (κ1) is 18.3. The largest absolute Gasteiger partial charge is 0.347 e. The summed E-state index contributed by atoms with van der Waals surface area (Å²) in [5, 5.41) is 11.1. The molecule has 0 N–H and O–H groups in total. The van der Waals surface area contributed by atoms with Crippen LogP contribution in [0.25, 0.3) is 0 Å². The van der Waals surface area contributed by atoms with E-state index >= 15 is 0 Å². The Morgan fingerprint density at radius 2 is 1.96 bits per heavy atom. The lowest BCUT2D eigenvalue weighted by molar-refractivity contribution is -0.385. The smallest absolute Gasteiger partial charge is 0.271 e. The molecule has 1 fully saturated rings. The first-order valence-corrected chi connectivity index (χ1v) is 9.00. The molecular weight excluding hydrogens is 334 g/mol. The number of hydrogen-bond acceptors (Lipinski definition) is 5. The molecule has 0 spiro atoms. The molecular formula is C15H21N3O5S. The standard InChI is InChI=1S/C15H21N3O5S/c1-10-8-12(18(20)21)9-14(11(10)2)24(22,23)17-7-5-6-13(17)15(19)16(3)4/h8-9,13H,5-7H2,1-4H3/t13-/m0/s1. The van der Waals surface area contributed by atoms with Gasteiger partial charge in [0.05, 0.1) is 9.82 Å². The van der Waals surface area contributed by atoms with E-state index in [0.717, 1.165) is 6.07 Å². The van der Waals surface area contributed by atoms with Crippen molar-refractivity contribution in [2.45, 2.75) is 37.6 Å². The molecule has 0 saturated carbocycles. The van der Waals surface area contributed by atoms with Gasteiger partial charge in [0.15, 0.2) is 0 Å². The van der Waals surface area contributed by atoms with Crippen molar-refractivity contribution < 1.29 is 18.1 Å². The van der Waals surface area contributed by atoms with Crippen molar-refractivity contribution in [3.05, 3.63) is 33.4 Å². The van der Waals surface area contributed by atoms with Gasteiger partial charge in [-0.25, -0.2) is 8.42 Å². The number of nitro groups is 1. The minimum atomic E-state index is -3.99. The van der Waals surface area contributed by atoms with Crippen LogP contribution in [0.15, 0.2) is 17.0 Å². The molecule has 0 unspecified atom stereocenters. The summed E-state index contributed by atoms with van der Waals surface area (Å²) in [5.41, 5.74) is 0.715. The van der Waals surface area contributed by atoms with E-state index in [-0.39, 0.29) is 23.0 Å². The van der Waals surface area contributed by atoms with Crippen molar-refractivity contribution in [2.75, 3.05) is 20.6 Å². The monoisotopic (exact) mass is 355 g/mol. The van der Waals surface area contributed by atoms with Gasteiger partial charge in [0, 0.05) is 32.8 Å². The Morgan fingerprint density at radius 1 is 1.33 bits per heavy atom. The van der Waals surface area contributed by atoms with Crippen molar-refractivity contribution in [1.82, 2.24) is 9.21 Å². The topological polar surface area (TPSA) is 101 Å². The highest BCUT2D eigenvalue weighted by Crippen LogP contribution is 2.32. The summed E-state index contributed by atoms with van der Waals surface area (Å²) in [4.78, 5) is 24.0. The number of likely N-dealkylation sites (N-methyl/N-ethyl adjacent to an activating group) is 1. The van der Waals surface area contributed by atoms with Crippen LogP contribution in [-0.4, -0.2) is 55.1 Å². The molecule has 1 aromatic carbocycles. The summed E-state index contributed by atoms with van der Waals surface area (Å²) in [6, 6.07) is 1.66. The van der Waals surface area contributed by atoms with E-state index in [0.29, 0.717) is 24.0 Å². The first-order valence-electron chi connectivity index (χ1n) is 7.56. The van der Waals surface area contributed by atoms with E-state index in [1.54, 1.807) is 27.9 Å². The van der Waals surface area contributed by atoms with Crippen molar-refractivity contribution in [3.8, 4) is 0 Å². The number of non-ortho nitro benzene ring substituents is 1. The van der Waals surface area contributed by atoms with Gasteiger partial charge in [0.25, 0.3) is 5.69 Å². The average molecular weight is 355 g/mol. The van der Waals surface area contributed by atoms with Gasteiger partial charge in [-0.05, 0) is 37.8 Å². The summed E-state index contributed by atoms with van der Waals surface area (Å²) in [5.74, 6) is -0.282. The minimum absolute atomic E-state index is 0.104. The molecule has 1 aliphatic rings. The Labute approximate surface area is 141 Å². The van der Waals surface area contributed by atoms with E-state index in [1.165, 1.54) is 15.3 Å². The normalized spacial score (nSPS) is 18.6. The summed E-state index contributed by atoms with van der Waals surface area (Å²) < 4.78 is 27.3. The number of hydrogen-bond donors (Lipinski definition) is 0. The van der Waals surface area contributed by atoms with Gasteiger partial charge in [-0.1, -0.05) is 0 Å². The highest BCUT2D eigenvalue weighted by atomic mass is 32.2. The van der Waals surface area contributed by atoms with Gasteiger partial charge in [-0.2, -0.15) is 4.31 Å². The molecule has 1 atom stereocenters. The lowest BCUT2D eigenvalue weighted by Crippen LogP contribution is -2.45. The van der Waals surface area contributed by atoms with Crippen LogP contribution in [0.5, 0.6) is 0 Å². The molecule has 1 saturated heterocycles. The third kappa shape index (κ3) is 3.13. The Bertz CT molecular complexity index is 789. The molecule has 2 rings (SSSR count). The van der Waals surface area contributed by atoms with Crippen molar-refractivity contribution in [1.29, 1.82) is 0 Å². The quantitative estimate of drug-likeness (QED) is 0.601. The number of sulfonamides is 1. The lowest BCUT2D eigenvalue weighted by Gasteiger charge is -2.26. The van der Waals surface area contributed by atoms with Crippen LogP contribution in [0.1, 0.15) is 24.0 Å². The van der Waals surface area contributed by atoms with Crippen LogP contribution in [0.2, 0.25) is 0 Å². The molecule has 24 heavy (non-hydrogen) atoms. The number of nitrogens with zero attached hydrogens (tertiary/aromatic N) is 3. The fourth-order valence-corrected chi connectivity index (χ4v) is 4.85. The van der Waals surface area contributed by atoms with Gasteiger partial charge in [-0.15, -0.1) is 0 Å². The summed E-state index contributed by atoms with van der Waals surface area (Å²) in [7, 11) is -0.839. The molecule has 8 nitrogen and oxygen atoms in total. The van der Waals surface area contributed by atoms with E-state index in [2.05, 4.69) is 0 Å². The van der Waals surface area contributed by atoms with Crippen molar-refractivity contribution in [2.24, 2.45) is 0 Å². The second kappa shape index (κ2) is 6.48. The maximum atomic E-state index is 13.1. The zero-order valence-electron chi connectivity index (χ0n) is 14.1. The number of amides is 1. The van der Waals surface area contributed by atoms with E-state index in [1.807, 2.05) is 0 Å². The molecule has 0 aliphatic carbocycles. The zero-order chi connectivity index (χ0) is 18.2. The van der Waals surface area contributed by atoms with Gasteiger partial charge in [0.1, 0.15) is 6.04 Å². The molecule has 1 amide bonds. The number of carbonyl (C=O) groups is 1. The molecule has 132 valence electrons. The molecule has 0 aromatic heterocycles. The van der Waals surface area contributed by atoms with Gasteiger partial charge in [0.2, 0.25) is 15.9 Å². The maximum Gasteiger partial charge on any atom is 0.271 e. The summed E-state index contributed by atoms with van der Waals surface area (Å²) >= 11 is 0. The molecule has 9 heteroatoms. The van der Waals surface area contributed by atoms with Crippen molar-refractivity contribution >= 4 is 21.6 Å². The molecule has 1 aromatic rings. The average Bonchev–Trinajstić information content (AvgIpc) is 2.98. The maximum absolute atomic E-state index is 13.1. The van der Waals surface area contributed by atoms with Crippen LogP contribution >= 0.6 is 0 Å². The predicted molar refractivity (Wildman–Crippen MR) is 88.2 cm³/mol. The van der Waals surface area contributed by atoms with Crippen LogP contribution in [0.3, 0.4) is 0 Å². The number of nitro benzene ring substituents is 1. The third-order valence-corrected chi connectivity index (χ3v) is 6.37. The highest BCUT2D eigenvalue weighted by Gasteiger charge is 2.41. The number of benzene rings is 1. The predicted octanol–water partition coefficient (Wildman–Crippen LogP) is 1.45. The Morgan fingerprint density at radius 3 is 2.50 bits per heavy atom. The zero-order valence-corrected chi connectivity index (χ0v) is 15.0. The minimum Gasteiger partial charge on any atom is -0.347 e. The van der Waals surface area contributed by atoms with E-state index in [9.17, 15) is 23.3 Å². The molecule has 0 radical (unpaired) electrons. The fourth-order valence-electron chi connectivity index (χ4n) is 2.88. The summed E-state index contributed by atoms with van der Waals surface area (Å²) in [6.07, 6.45) is 1.03. The van der Waals surface area contributed by atoms with E-state index in [4.69, 9.17) is 0 Å². The Balaban J connectivity index is 2.54. The van der Waals surface area contributed by atoms with Crippen LogP contribution in [0, 0.1) is 24.0 Å². The Kier molecular flexibility index (Phi) is 4.95. The van der Waals surface area contributed by atoms with Gasteiger partial charge >= 0.3 is 0 Å². The van der Waals surface area contributed by atoms with Crippen LogP contribution in [0.4, 0.5) is 5.69 Å². The van der Waals surface area contributed by atoms with Gasteiger partial charge < -0.3 is 4.90 Å². The molecule has 1 aliphatic heterocycles. The van der Waals surface area contributed by atoms with Gasteiger partial charge in [-0.3, -0.25) is 14.9 Å². The Hall–Kier alpha value is -2.00. The van der Waals surface area contributed by atoms with Crippen LogP contribution < -0.4 is 0 Å². The SMILES string of the molecule is Cc1cc([N+](=O)[O-])cc(S(=O)(=O)N2CCC[C@H]2C(=O)N(C)C)c1C. The fraction of sp³-hybridized carbons (Fsp3) is 0.533.